The van der Waals surface area contributed by atoms with E-state index in [2.05, 4.69) is 12.6 Å². The maximum absolute atomic E-state index is 8.74. The van der Waals surface area contributed by atoms with Crippen molar-refractivity contribution in [2.75, 3.05) is 12.4 Å². The summed E-state index contributed by atoms with van der Waals surface area (Å²) in [5, 5.41) is 8.74. The summed E-state index contributed by atoms with van der Waals surface area (Å²) in [5.41, 5.74) is 0. The number of aliphatic hydroxyl groups is 1. The van der Waals surface area contributed by atoms with E-state index >= 15 is 0 Å². The normalized spacial score (nSPS) is 11.4. The first-order chi connectivity index (χ1) is 13.9. The number of aliphatic hydroxyl groups excluding tert-OH is 1. The fourth-order valence-corrected chi connectivity index (χ4v) is 4.34. The number of thiol groups is 1. The number of unbranched alkanes of at least 4 members (excludes halogenated alkanes) is 23. The Hall–Kier alpha value is 0.310. The summed E-state index contributed by atoms with van der Waals surface area (Å²) in [4.78, 5) is 0. The largest absolute Gasteiger partial charge is 0.396 e. The SMILES string of the molecule is OCCCCCCCCCCCCCCCCCCCCCCCCCCS. The van der Waals surface area contributed by atoms with Gasteiger partial charge in [-0.25, -0.2) is 0 Å². The molecular formula is C26H54OS. The van der Waals surface area contributed by atoms with E-state index in [9.17, 15) is 0 Å². The minimum absolute atomic E-state index is 0.373. The third-order valence-corrected chi connectivity index (χ3v) is 6.38. The molecule has 0 heterocycles. The van der Waals surface area contributed by atoms with E-state index in [1.807, 2.05) is 0 Å². The van der Waals surface area contributed by atoms with E-state index in [-0.39, 0.29) is 0 Å². The third-order valence-electron chi connectivity index (χ3n) is 6.07. The van der Waals surface area contributed by atoms with Crippen LogP contribution in [-0.2, 0) is 0 Å². The van der Waals surface area contributed by atoms with Crippen LogP contribution in [0.25, 0.3) is 0 Å². The summed E-state index contributed by atoms with van der Waals surface area (Å²) in [7, 11) is 0. The van der Waals surface area contributed by atoms with E-state index in [4.69, 9.17) is 5.11 Å². The molecule has 170 valence electrons. The lowest BCUT2D eigenvalue weighted by molar-refractivity contribution is 0.282. The molecule has 0 unspecified atom stereocenters. The topological polar surface area (TPSA) is 20.2 Å². The van der Waals surface area contributed by atoms with E-state index < -0.39 is 0 Å². The van der Waals surface area contributed by atoms with Crippen LogP contribution in [0.15, 0.2) is 0 Å². The smallest absolute Gasteiger partial charge is 0.0431 e. The molecule has 0 aromatic carbocycles. The van der Waals surface area contributed by atoms with Gasteiger partial charge in [-0.1, -0.05) is 141 Å². The lowest BCUT2D eigenvalue weighted by Gasteiger charge is -2.04. The minimum atomic E-state index is 0.373. The average Bonchev–Trinajstić information content (AvgIpc) is 2.71. The van der Waals surface area contributed by atoms with Gasteiger partial charge in [0.25, 0.3) is 0 Å². The van der Waals surface area contributed by atoms with E-state index in [0.29, 0.717) is 6.61 Å². The molecule has 0 bridgehead atoms. The predicted octanol–water partition coefficient (Wildman–Crippen LogP) is 9.27. The molecule has 0 saturated carbocycles. The molecule has 0 aliphatic rings. The second-order valence-corrected chi connectivity index (χ2v) is 9.38. The zero-order valence-electron chi connectivity index (χ0n) is 19.3. The highest BCUT2D eigenvalue weighted by Gasteiger charge is 1.96. The van der Waals surface area contributed by atoms with Gasteiger partial charge in [0.05, 0.1) is 0 Å². The summed E-state index contributed by atoms with van der Waals surface area (Å²) in [6, 6.07) is 0. The van der Waals surface area contributed by atoms with E-state index in [1.54, 1.807) is 0 Å². The van der Waals surface area contributed by atoms with Crippen LogP contribution in [0.5, 0.6) is 0 Å². The van der Waals surface area contributed by atoms with Crippen molar-refractivity contribution in [3.8, 4) is 0 Å². The first-order valence-corrected chi connectivity index (χ1v) is 13.8. The standard InChI is InChI=1S/C26H54OS/c27-25-23-21-19-17-15-13-11-9-7-5-3-1-2-4-6-8-10-12-14-16-18-20-22-24-26-28/h27-28H,1-26H2. The van der Waals surface area contributed by atoms with Crippen LogP contribution < -0.4 is 0 Å². The molecule has 0 amide bonds. The Labute approximate surface area is 184 Å². The molecule has 0 atom stereocenters. The maximum Gasteiger partial charge on any atom is 0.0431 e. The van der Waals surface area contributed by atoms with Gasteiger partial charge in [-0.15, -0.1) is 0 Å². The van der Waals surface area contributed by atoms with Gasteiger partial charge in [-0.3, -0.25) is 0 Å². The first-order valence-electron chi connectivity index (χ1n) is 13.1. The number of hydrogen-bond donors (Lipinski definition) is 2. The number of hydrogen-bond acceptors (Lipinski definition) is 2. The van der Waals surface area contributed by atoms with Gasteiger partial charge >= 0.3 is 0 Å². The number of rotatable bonds is 25. The van der Waals surface area contributed by atoms with Crippen LogP contribution in [0.2, 0.25) is 0 Å². The Morgan fingerprint density at radius 3 is 0.643 bits per heavy atom. The molecule has 2 heteroatoms. The highest BCUT2D eigenvalue weighted by Crippen LogP contribution is 2.15. The summed E-state index contributed by atoms with van der Waals surface area (Å²) in [6.07, 6.45) is 33.8. The molecule has 0 radical (unpaired) electrons. The van der Waals surface area contributed by atoms with Crippen molar-refractivity contribution in [2.45, 2.75) is 154 Å². The van der Waals surface area contributed by atoms with Crippen LogP contribution >= 0.6 is 12.6 Å². The second kappa shape index (κ2) is 27.3. The molecule has 1 nitrogen and oxygen atoms in total. The van der Waals surface area contributed by atoms with Gasteiger partial charge in [0, 0.05) is 6.61 Å². The fourth-order valence-electron chi connectivity index (χ4n) is 4.11. The zero-order valence-corrected chi connectivity index (χ0v) is 20.2. The van der Waals surface area contributed by atoms with Crippen molar-refractivity contribution < 1.29 is 5.11 Å². The maximum atomic E-state index is 8.74. The van der Waals surface area contributed by atoms with E-state index in [0.717, 1.165) is 12.2 Å². The lowest BCUT2D eigenvalue weighted by atomic mass is 10.0. The van der Waals surface area contributed by atoms with Gasteiger partial charge in [0.1, 0.15) is 0 Å². The predicted molar refractivity (Wildman–Crippen MR) is 132 cm³/mol. The van der Waals surface area contributed by atoms with Crippen molar-refractivity contribution in [3.63, 3.8) is 0 Å². The van der Waals surface area contributed by atoms with Crippen LogP contribution in [0.1, 0.15) is 154 Å². The van der Waals surface area contributed by atoms with Gasteiger partial charge in [0.2, 0.25) is 0 Å². The van der Waals surface area contributed by atoms with Crippen molar-refractivity contribution >= 4 is 12.6 Å². The van der Waals surface area contributed by atoms with Crippen molar-refractivity contribution in [1.82, 2.24) is 0 Å². The zero-order chi connectivity index (χ0) is 20.4. The van der Waals surface area contributed by atoms with Gasteiger partial charge in [0.15, 0.2) is 0 Å². The summed E-state index contributed by atoms with van der Waals surface area (Å²) < 4.78 is 0. The van der Waals surface area contributed by atoms with Crippen LogP contribution in [-0.4, -0.2) is 17.5 Å². The highest BCUT2D eigenvalue weighted by atomic mass is 32.1. The van der Waals surface area contributed by atoms with Crippen LogP contribution in [0.3, 0.4) is 0 Å². The summed E-state index contributed by atoms with van der Waals surface area (Å²) >= 11 is 4.27. The van der Waals surface area contributed by atoms with Crippen molar-refractivity contribution in [2.24, 2.45) is 0 Å². The molecule has 1 N–H and O–H groups in total. The molecule has 0 aromatic rings. The summed E-state index contributed by atoms with van der Waals surface area (Å²) in [5.74, 6) is 1.06. The van der Waals surface area contributed by atoms with Gasteiger partial charge in [-0.2, -0.15) is 12.6 Å². The molecule has 0 spiro atoms. The lowest BCUT2D eigenvalue weighted by Crippen LogP contribution is -1.85. The van der Waals surface area contributed by atoms with Crippen LogP contribution in [0, 0.1) is 0 Å². The Kier molecular flexibility index (Phi) is 27.6. The van der Waals surface area contributed by atoms with Crippen molar-refractivity contribution in [1.29, 1.82) is 0 Å². The molecule has 0 aromatic heterocycles. The Morgan fingerprint density at radius 2 is 0.464 bits per heavy atom. The third kappa shape index (κ3) is 26.3. The molecule has 28 heavy (non-hydrogen) atoms. The molecule has 0 aliphatic carbocycles. The van der Waals surface area contributed by atoms with Gasteiger partial charge < -0.3 is 5.11 Å². The minimum Gasteiger partial charge on any atom is -0.396 e. The molecule has 0 rings (SSSR count). The Balaban J connectivity index is 2.96. The van der Waals surface area contributed by atoms with Crippen LogP contribution in [0.4, 0.5) is 0 Å². The summed E-state index contributed by atoms with van der Waals surface area (Å²) in [6.45, 7) is 0.373. The molecule has 0 aliphatic heterocycles. The van der Waals surface area contributed by atoms with E-state index in [1.165, 1.54) is 148 Å². The molecular weight excluding hydrogens is 360 g/mol. The fraction of sp³-hybridized carbons (Fsp3) is 1.00. The second-order valence-electron chi connectivity index (χ2n) is 8.93. The highest BCUT2D eigenvalue weighted by molar-refractivity contribution is 7.80. The van der Waals surface area contributed by atoms with Crippen molar-refractivity contribution in [3.05, 3.63) is 0 Å². The monoisotopic (exact) mass is 414 g/mol. The quantitative estimate of drug-likeness (QED) is 0.113. The average molecular weight is 415 g/mol. The first kappa shape index (κ1) is 28.3. The van der Waals surface area contributed by atoms with Gasteiger partial charge in [-0.05, 0) is 18.6 Å². The molecule has 0 saturated heterocycles. The molecule has 0 fully saturated rings. The Morgan fingerprint density at radius 1 is 0.286 bits per heavy atom. The Bertz CT molecular complexity index is 231.